The van der Waals surface area contributed by atoms with Gasteiger partial charge in [-0.2, -0.15) is 18.2 Å². The number of halogens is 3. The second-order valence-corrected chi connectivity index (χ2v) is 6.96. The largest absolute Gasteiger partial charge is 0.494 e. The van der Waals surface area contributed by atoms with Crippen LogP contribution in [0.4, 0.5) is 36.3 Å². The summed E-state index contributed by atoms with van der Waals surface area (Å²) in [5.74, 6) is 0.382. The third-order valence-corrected chi connectivity index (χ3v) is 4.55. The van der Waals surface area contributed by atoms with Gasteiger partial charge in [0.15, 0.2) is 0 Å². The lowest BCUT2D eigenvalue weighted by Crippen LogP contribution is -2.12. The smallest absolute Gasteiger partial charge is 0.421 e. The van der Waals surface area contributed by atoms with E-state index in [9.17, 15) is 13.2 Å². The Morgan fingerprint density at radius 3 is 2.16 bits per heavy atom. The molecule has 3 rings (SSSR count). The molecule has 0 fully saturated rings. The number of unbranched alkanes of at least 4 members (excludes halogenated alkanes) is 1. The molecule has 8 heteroatoms. The number of anilines is 4. The summed E-state index contributed by atoms with van der Waals surface area (Å²) in [5.41, 5.74) is 1.42. The molecule has 1 heterocycles. The van der Waals surface area contributed by atoms with Crippen LogP contribution in [0.15, 0.2) is 54.7 Å². The molecular weight excluding hydrogens is 405 g/mol. The zero-order valence-corrected chi connectivity index (χ0v) is 17.5. The summed E-state index contributed by atoms with van der Waals surface area (Å²) in [4.78, 5) is 7.93. The van der Waals surface area contributed by atoms with Gasteiger partial charge in [-0.1, -0.05) is 25.5 Å². The molecule has 0 spiro atoms. The van der Waals surface area contributed by atoms with Crippen molar-refractivity contribution in [1.29, 1.82) is 0 Å². The molecule has 0 unspecified atom stereocenters. The van der Waals surface area contributed by atoms with Gasteiger partial charge in [0.05, 0.1) is 6.61 Å². The Morgan fingerprint density at radius 1 is 0.903 bits per heavy atom. The van der Waals surface area contributed by atoms with Gasteiger partial charge < -0.3 is 15.4 Å². The van der Waals surface area contributed by atoms with E-state index >= 15 is 0 Å². The SMILES string of the molecule is CCCCc1ccc(Nc2ncc(C(F)(F)F)c(Nc3ccc(OCC)cc3)n2)cc1. The van der Waals surface area contributed by atoms with E-state index in [4.69, 9.17) is 4.74 Å². The van der Waals surface area contributed by atoms with Gasteiger partial charge in [0, 0.05) is 17.6 Å². The van der Waals surface area contributed by atoms with Crippen LogP contribution in [0.3, 0.4) is 0 Å². The Kier molecular flexibility index (Phi) is 7.33. The fourth-order valence-electron chi connectivity index (χ4n) is 2.95. The van der Waals surface area contributed by atoms with Crippen molar-refractivity contribution in [2.45, 2.75) is 39.3 Å². The van der Waals surface area contributed by atoms with Crippen LogP contribution in [0.1, 0.15) is 37.8 Å². The topological polar surface area (TPSA) is 59.1 Å². The van der Waals surface area contributed by atoms with Crippen molar-refractivity contribution >= 4 is 23.1 Å². The highest BCUT2D eigenvalue weighted by Gasteiger charge is 2.35. The lowest BCUT2D eigenvalue weighted by molar-refractivity contribution is -0.137. The van der Waals surface area contributed by atoms with Crippen LogP contribution < -0.4 is 15.4 Å². The zero-order valence-electron chi connectivity index (χ0n) is 17.5. The van der Waals surface area contributed by atoms with Gasteiger partial charge in [-0.25, -0.2) is 4.98 Å². The average Bonchev–Trinajstić information content (AvgIpc) is 2.74. The number of ether oxygens (including phenoxy) is 1. The fourth-order valence-corrected chi connectivity index (χ4v) is 2.95. The number of benzene rings is 2. The summed E-state index contributed by atoms with van der Waals surface area (Å²) in [6.07, 6.45) is -0.600. The summed E-state index contributed by atoms with van der Waals surface area (Å²) in [6, 6.07) is 14.3. The Hall–Kier alpha value is -3.29. The maximum absolute atomic E-state index is 13.5. The van der Waals surface area contributed by atoms with Gasteiger partial charge >= 0.3 is 6.18 Å². The highest BCUT2D eigenvalue weighted by atomic mass is 19.4. The van der Waals surface area contributed by atoms with Gasteiger partial charge in [-0.05, 0) is 61.7 Å². The highest BCUT2D eigenvalue weighted by molar-refractivity contribution is 5.63. The molecule has 31 heavy (non-hydrogen) atoms. The first kappa shape index (κ1) is 22.4. The summed E-state index contributed by atoms with van der Waals surface area (Å²) in [6.45, 7) is 4.50. The quantitative estimate of drug-likeness (QED) is 0.394. The van der Waals surface area contributed by atoms with Crippen molar-refractivity contribution in [3.8, 4) is 5.75 Å². The monoisotopic (exact) mass is 430 g/mol. The van der Waals surface area contributed by atoms with Crippen LogP contribution >= 0.6 is 0 Å². The molecule has 1 aromatic heterocycles. The molecule has 2 aromatic carbocycles. The molecule has 0 saturated carbocycles. The standard InChI is InChI=1S/C23H25F3N4O/c1-3-5-6-16-7-9-18(10-8-16)29-22-27-15-20(23(24,25)26)21(30-22)28-17-11-13-19(14-12-17)31-4-2/h7-15H,3-6H2,1-2H3,(H2,27,28,29,30). The third-order valence-electron chi connectivity index (χ3n) is 4.55. The van der Waals surface area contributed by atoms with Crippen LogP contribution in [0.5, 0.6) is 5.75 Å². The van der Waals surface area contributed by atoms with Gasteiger partial charge in [-0.15, -0.1) is 0 Å². The second-order valence-electron chi connectivity index (χ2n) is 6.96. The van der Waals surface area contributed by atoms with Gasteiger partial charge in [0.25, 0.3) is 0 Å². The second kappa shape index (κ2) is 10.1. The molecular formula is C23H25F3N4O. The van der Waals surface area contributed by atoms with E-state index in [2.05, 4.69) is 27.5 Å². The number of hydrogen-bond donors (Lipinski definition) is 2. The molecule has 0 aliphatic heterocycles. The van der Waals surface area contributed by atoms with E-state index in [0.717, 1.165) is 25.5 Å². The van der Waals surface area contributed by atoms with Crippen LogP contribution in [0.25, 0.3) is 0 Å². The average molecular weight is 430 g/mol. The molecule has 0 amide bonds. The first-order chi connectivity index (χ1) is 14.9. The number of nitrogens with zero attached hydrogens (tertiary/aromatic N) is 2. The molecule has 0 radical (unpaired) electrons. The normalized spacial score (nSPS) is 11.3. The lowest BCUT2D eigenvalue weighted by Gasteiger charge is -2.15. The van der Waals surface area contributed by atoms with Crippen LogP contribution in [0, 0.1) is 0 Å². The maximum atomic E-state index is 13.5. The Labute approximate surface area is 179 Å². The minimum atomic E-state index is -4.59. The van der Waals surface area contributed by atoms with Crippen molar-refractivity contribution in [3.63, 3.8) is 0 Å². The van der Waals surface area contributed by atoms with Crippen LogP contribution in [-0.4, -0.2) is 16.6 Å². The summed E-state index contributed by atoms with van der Waals surface area (Å²) in [7, 11) is 0. The van der Waals surface area contributed by atoms with Crippen molar-refractivity contribution < 1.29 is 17.9 Å². The third kappa shape index (κ3) is 6.34. The van der Waals surface area contributed by atoms with Gasteiger partial charge in [0.1, 0.15) is 17.1 Å². The Morgan fingerprint density at radius 2 is 1.55 bits per heavy atom. The molecule has 164 valence electrons. The summed E-state index contributed by atoms with van der Waals surface area (Å²) < 4.78 is 45.7. The summed E-state index contributed by atoms with van der Waals surface area (Å²) >= 11 is 0. The van der Waals surface area contributed by atoms with Crippen LogP contribution in [0.2, 0.25) is 0 Å². The van der Waals surface area contributed by atoms with E-state index in [1.54, 1.807) is 24.3 Å². The molecule has 0 bridgehead atoms. The van der Waals surface area contributed by atoms with Crippen molar-refractivity contribution in [1.82, 2.24) is 9.97 Å². The highest BCUT2D eigenvalue weighted by Crippen LogP contribution is 2.35. The van der Waals surface area contributed by atoms with Crippen molar-refractivity contribution in [2.75, 3.05) is 17.2 Å². The number of rotatable bonds is 9. The van der Waals surface area contributed by atoms with Gasteiger partial charge in [-0.3, -0.25) is 0 Å². The maximum Gasteiger partial charge on any atom is 0.421 e. The van der Waals surface area contributed by atoms with E-state index in [0.29, 0.717) is 23.7 Å². The minimum absolute atomic E-state index is 0.0720. The van der Waals surface area contributed by atoms with E-state index in [-0.39, 0.29) is 11.8 Å². The van der Waals surface area contributed by atoms with Crippen LogP contribution in [-0.2, 0) is 12.6 Å². The molecule has 5 nitrogen and oxygen atoms in total. The molecule has 0 saturated heterocycles. The fraction of sp³-hybridized carbons (Fsp3) is 0.304. The number of aryl methyl sites for hydroxylation is 1. The first-order valence-corrected chi connectivity index (χ1v) is 10.2. The first-order valence-electron chi connectivity index (χ1n) is 10.2. The Balaban J connectivity index is 1.81. The predicted molar refractivity (Wildman–Crippen MR) is 116 cm³/mol. The summed E-state index contributed by atoms with van der Waals surface area (Å²) in [5, 5.41) is 5.71. The lowest BCUT2D eigenvalue weighted by atomic mass is 10.1. The Bertz CT molecular complexity index is 974. The molecule has 0 aliphatic rings. The molecule has 3 aromatic rings. The van der Waals surface area contributed by atoms with Crippen molar-refractivity contribution in [3.05, 3.63) is 65.9 Å². The molecule has 0 aliphatic carbocycles. The minimum Gasteiger partial charge on any atom is -0.494 e. The number of alkyl halides is 3. The van der Waals surface area contributed by atoms with Gasteiger partial charge in [0.2, 0.25) is 5.95 Å². The van der Waals surface area contributed by atoms with Crippen molar-refractivity contribution in [2.24, 2.45) is 0 Å². The zero-order chi connectivity index (χ0) is 22.3. The number of nitrogens with one attached hydrogen (secondary N) is 2. The van der Waals surface area contributed by atoms with E-state index in [1.807, 2.05) is 31.2 Å². The predicted octanol–water partition coefficient (Wildman–Crippen LogP) is 6.72. The van der Waals surface area contributed by atoms with E-state index < -0.39 is 11.7 Å². The number of aromatic nitrogens is 2. The number of hydrogen-bond acceptors (Lipinski definition) is 5. The molecule has 2 N–H and O–H groups in total. The van der Waals surface area contributed by atoms with E-state index in [1.165, 1.54) is 5.56 Å². The molecule has 0 atom stereocenters.